The van der Waals surface area contributed by atoms with Gasteiger partial charge < -0.3 is 9.73 Å². The van der Waals surface area contributed by atoms with Crippen LogP contribution in [0.4, 0.5) is 15.8 Å². The molecular formula is C20H11ClFN3O4. The molecule has 29 heavy (non-hydrogen) atoms. The van der Waals surface area contributed by atoms with Crippen molar-refractivity contribution < 1.29 is 18.5 Å². The Kier molecular flexibility index (Phi) is 5.71. The van der Waals surface area contributed by atoms with Gasteiger partial charge in [-0.15, -0.1) is 0 Å². The molecule has 9 heteroatoms. The monoisotopic (exact) mass is 411 g/mol. The number of carbonyl (C=O) groups is 1. The molecule has 0 bridgehead atoms. The second-order valence-corrected chi connectivity index (χ2v) is 6.19. The molecule has 0 spiro atoms. The summed E-state index contributed by atoms with van der Waals surface area (Å²) >= 11 is 5.95. The molecule has 0 fully saturated rings. The highest BCUT2D eigenvalue weighted by Gasteiger charge is 2.16. The van der Waals surface area contributed by atoms with E-state index in [9.17, 15) is 24.6 Å². The molecule has 1 N–H and O–H groups in total. The Morgan fingerprint density at radius 1 is 1.24 bits per heavy atom. The van der Waals surface area contributed by atoms with Gasteiger partial charge in [0.2, 0.25) is 0 Å². The van der Waals surface area contributed by atoms with Gasteiger partial charge in [0.25, 0.3) is 11.6 Å². The van der Waals surface area contributed by atoms with E-state index in [1.807, 2.05) is 0 Å². The van der Waals surface area contributed by atoms with E-state index < -0.39 is 28.0 Å². The number of anilines is 1. The fourth-order valence-corrected chi connectivity index (χ4v) is 2.62. The van der Waals surface area contributed by atoms with Gasteiger partial charge in [0.1, 0.15) is 29.0 Å². The van der Waals surface area contributed by atoms with E-state index in [0.717, 1.165) is 18.2 Å². The van der Waals surface area contributed by atoms with Crippen molar-refractivity contribution in [1.82, 2.24) is 0 Å². The highest BCUT2D eigenvalue weighted by Crippen LogP contribution is 2.26. The first-order chi connectivity index (χ1) is 13.9. The van der Waals surface area contributed by atoms with Gasteiger partial charge in [-0.3, -0.25) is 14.9 Å². The van der Waals surface area contributed by atoms with Gasteiger partial charge in [-0.1, -0.05) is 23.7 Å². The highest BCUT2D eigenvalue weighted by atomic mass is 35.5. The van der Waals surface area contributed by atoms with Crippen molar-refractivity contribution >= 4 is 35.0 Å². The molecule has 0 unspecified atom stereocenters. The molecule has 144 valence electrons. The summed E-state index contributed by atoms with van der Waals surface area (Å²) in [5.41, 5.74) is -0.479. The van der Waals surface area contributed by atoms with Crippen LogP contribution in [-0.4, -0.2) is 10.8 Å². The van der Waals surface area contributed by atoms with Gasteiger partial charge >= 0.3 is 0 Å². The minimum Gasteiger partial charge on any atom is -0.457 e. The second-order valence-electron chi connectivity index (χ2n) is 5.76. The Bertz CT molecular complexity index is 1180. The summed E-state index contributed by atoms with van der Waals surface area (Å²) in [6.07, 6.45) is 1.18. The molecule has 1 heterocycles. The summed E-state index contributed by atoms with van der Waals surface area (Å²) in [5, 5.41) is 22.8. The number of benzene rings is 2. The molecule has 1 amide bonds. The molecular weight excluding hydrogens is 401 g/mol. The summed E-state index contributed by atoms with van der Waals surface area (Å²) in [6, 6.07) is 14.5. The Morgan fingerprint density at radius 3 is 2.72 bits per heavy atom. The van der Waals surface area contributed by atoms with Crippen molar-refractivity contribution in [2.75, 3.05) is 5.32 Å². The summed E-state index contributed by atoms with van der Waals surface area (Å²) in [7, 11) is 0. The van der Waals surface area contributed by atoms with Crippen LogP contribution in [0.15, 0.2) is 64.6 Å². The zero-order chi connectivity index (χ0) is 21.0. The molecule has 7 nitrogen and oxygen atoms in total. The first-order valence-electron chi connectivity index (χ1n) is 8.10. The number of nitriles is 1. The zero-order valence-corrected chi connectivity index (χ0v) is 15.3. The van der Waals surface area contributed by atoms with Gasteiger partial charge in [0, 0.05) is 28.8 Å². The van der Waals surface area contributed by atoms with Crippen LogP contribution in [0.1, 0.15) is 5.76 Å². The number of halogens is 2. The van der Waals surface area contributed by atoms with Crippen LogP contribution in [0.2, 0.25) is 5.02 Å². The molecule has 3 aromatic rings. The maximum Gasteiger partial charge on any atom is 0.271 e. The number of rotatable bonds is 5. The number of amides is 1. The highest BCUT2D eigenvalue weighted by molar-refractivity contribution is 6.30. The smallest absolute Gasteiger partial charge is 0.271 e. The number of carbonyl (C=O) groups excluding carboxylic acids is 1. The average molecular weight is 412 g/mol. The minimum atomic E-state index is -0.937. The predicted octanol–water partition coefficient (Wildman–Crippen LogP) is 5.19. The molecule has 0 aliphatic rings. The number of hydrogen-bond donors (Lipinski definition) is 1. The van der Waals surface area contributed by atoms with E-state index in [1.165, 1.54) is 6.08 Å². The van der Waals surface area contributed by atoms with Crippen molar-refractivity contribution in [3.05, 3.63) is 86.9 Å². The number of non-ortho nitro benzene ring substituents is 1. The summed E-state index contributed by atoms with van der Waals surface area (Å²) in [5.74, 6) is -1.12. The average Bonchev–Trinajstić information content (AvgIpc) is 3.16. The van der Waals surface area contributed by atoms with Crippen LogP contribution in [0.5, 0.6) is 0 Å². The number of nitrogens with zero attached hydrogens (tertiary/aromatic N) is 2. The quantitative estimate of drug-likeness (QED) is 0.269. The Labute approximate surface area is 168 Å². The van der Waals surface area contributed by atoms with Crippen molar-refractivity contribution in [1.29, 1.82) is 5.26 Å². The largest absolute Gasteiger partial charge is 0.457 e. The lowest BCUT2D eigenvalue weighted by atomic mass is 10.2. The molecule has 3 rings (SSSR count). The summed E-state index contributed by atoms with van der Waals surface area (Å²) < 4.78 is 19.4. The van der Waals surface area contributed by atoms with Crippen LogP contribution in [0, 0.1) is 27.3 Å². The maximum absolute atomic E-state index is 13.8. The first kappa shape index (κ1) is 19.8. The zero-order valence-electron chi connectivity index (χ0n) is 14.6. The molecule has 0 saturated heterocycles. The third-order valence-corrected chi connectivity index (χ3v) is 4.03. The lowest BCUT2D eigenvalue weighted by molar-refractivity contribution is -0.384. The Morgan fingerprint density at radius 2 is 2.03 bits per heavy atom. The number of nitrogens with one attached hydrogen (secondary N) is 1. The Hall–Kier alpha value is -3.96. The molecule has 0 aliphatic heterocycles. The molecule has 2 aromatic carbocycles. The van der Waals surface area contributed by atoms with E-state index in [4.69, 9.17) is 16.0 Å². The lowest BCUT2D eigenvalue weighted by Gasteiger charge is -2.05. The van der Waals surface area contributed by atoms with Gasteiger partial charge in [-0.05, 0) is 30.3 Å². The lowest BCUT2D eigenvalue weighted by Crippen LogP contribution is -2.14. The van der Waals surface area contributed by atoms with Crippen LogP contribution in [0.3, 0.4) is 0 Å². The van der Waals surface area contributed by atoms with Gasteiger partial charge in [-0.2, -0.15) is 5.26 Å². The van der Waals surface area contributed by atoms with E-state index in [0.29, 0.717) is 16.3 Å². The minimum absolute atomic E-state index is 0.214. The maximum atomic E-state index is 13.8. The molecule has 0 aliphatic carbocycles. The van der Waals surface area contributed by atoms with Gasteiger partial charge in [-0.25, -0.2) is 4.39 Å². The molecule has 0 saturated carbocycles. The Balaban J connectivity index is 1.84. The second kappa shape index (κ2) is 8.37. The van der Waals surface area contributed by atoms with Crippen LogP contribution in [0.25, 0.3) is 17.4 Å². The third-order valence-electron chi connectivity index (χ3n) is 3.80. The number of furan rings is 1. The van der Waals surface area contributed by atoms with E-state index in [1.54, 1.807) is 42.5 Å². The molecule has 1 aromatic heterocycles. The van der Waals surface area contributed by atoms with Crippen LogP contribution >= 0.6 is 11.6 Å². The number of hydrogen-bond acceptors (Lipinski definition) is 5. The fraction of sp³-hybridized carbons (Fsp3) is 0. The van der Waals surface area contributed by atoms with E-state index in [-0.39, 0.29) is 11.3 Å². The van der Waals surface area contributed by atoms with Gasteiger partial charge in [0.15, 0.2) is 0 Å². The molecule has 0 atom stereocenters. The summed E-state index contributed by atoms with van der Waals surface area (Å²) in [4.78, 5) is 22.4. The van der Waals surface area contributed by atoms with E-state index in [2.05, 4.69) is 5.32 Å². The van der Waals surface area contributed by atoms with Gasteiger partial charge in [0.05, 0.1) is 10.6 Å². The SMILES string of the molecule is N#CC(=Cc1ccc(-c2cccc(Cl)c2)o1)C(=O)Nc1cc([N+](=O)[O-])ccc1F. The fourth-order valence-electron chi connectivity index (χ4n) is 2.43. The van der Waals surface area contributed by atoms with Crippen LogP contribution in [-0.2, 0) is 4.79 Å². The van der Waals surface area contributed by atoms with Crippen molar-refractivity contribution in [2.24, 2.45) is 0 Å². The van der Waals surface area contributed by atoms with Crippen molar-refractivity contribution in [3.63, 3.8) is 0 Å². The van der Waals surface area contributed by atoms with Crippen molar-refractivity contribution in [3.8, 4) is 17.4 Å². The number of nitro groups is 1. The topological polar surface area (TPSA) is 109 Å². The molecule has 0 radical (unpaired) electrons. The standard InChI is InChI=1S/C20H11ClFN3O4/c21-14-3-1-2-12(8-14)19-7-5-16(29-19)9-13(11-23)20(26)24-18-10-15(25(27)28)4-6-17(18)22/h1-10H,(H,24,26). The first-order valence-corrected chi connectivity index (χ1v) is 8.48. The normalized spacial score (nSPS) is 11.0. The third kappa shape index (κ3) is 4.66. The van der Waals surface area contributed by atoms with Crippen LogP contribution < -0.4 is 5.32 Å². The number of nitro benzene ring substituents is 1. The van der Waals surface area contributed by atoms with Crippen molar-refractivity contribution in [2.45, 2.75) is 0 Å². The summed E-state index contributed by atoms with van der Waals surface area (Å²) in [6.45, 7) is 0. The predicted molar refractivity (Wildman–Crippen MR) is 104 cm³/mol. The van der Waals surface area contributed by atoms with E-state index >= 15 is 0 Å².